The van der Waals surface area contributed by atoms with Gasteiger partial charge in [0.15, 0.2) is 11.5 Å². The van der Waals surface area contributed by atoms with Gasteiger partial charge in [-0.1, -0.05) is 6.07 Å². The van der Waals surface area contributed by atoms with E-state index in [0.29, 0.717) is 53.9 Å². The number of nitrogens with one attached hydrogen (secondary N) is 1. The molecular weight excluding hydrogens is 364 g/mol. The van der Waals surface area contributed by atoms with Crippen LogP contribution in [0.3, 0.4) is 0 Å². The largest absolute Gasteiger partial charge is 0.490 e. The first-order valence-corrected chi connectivity index (χ1v) is 9.04. The van der Waals surface area contributed by atoms with E-state index in [2.05, 4.69) is 5.32 Å². The standard InChI is InChI=1S/C20H24N2O6/c1-5-26-17-10-14(11-18(27-6-2)19(17)28-7-3)20(23)21-15-9-8-13(4)16(12-15)22(24)25/h8-12H,5-7H2,1-4H3,(H,21,23). The van der Waals surface area contributed by atoms with Gasteiger partial charge in [0.1, 0.15) is 0 Å². The highest BCUT2D eigenvalue weighted by Crippen LogP contribution is 2.39. The van der Waals surface area contributed by atoms with Crippen LogP contribution in [0.5, 0.6) is 17.2 Å². The van der Waals surface area contributed by atoms with E-state index in [4.69, 9.17) is 14.2 Å². The zero-order valence-corrected chi connectivity index (χ0v) is 16.4. The maximum absolute atomic E-state index is 12.7. The fourth-order valence-electron chi connectivity index (χ4n) is 2.61. The predicted octanol–water partition coefficient (Wildman–Crippen LogP) is 4.35. The lowest BCUT2D eigenvalue weighted by Crippen LogP contribution is -2.13. The molecule has 1 amide bonds. The third-order valence-corrected chi connectivity index (χ3v) is 3.84. The van der Waals surface area contributed by atoms with E-state index in [1.54, 1.807) is 31.2 Å². The van der Waals surface area contributed by atoms with Crippen molar-refractivity contribution in [2.75, 3.05) is 25.1 Å². The monoisotopic (exact) mass is 388 g/mol. The van der Waals surface area contributed by atoms with E-state index in [-0.39, 0.29) is 5.69 Å². The van der Waals surface area contributed by atoms with Gasteiger partial charge in [0, 0.05) is 22.9 Å². The zero-order valence-electron chi connectivity index (χ0n) is 16.4. The van der Waals surface area contributed by atoms with Gasteiger partial charge in [-0.2, -0.15) is 0 Å². The summed E-state index contributed by atoms with van der Waals surface area (Å²) in [5.41, 5.74) is 1.07. The molecule has 0 bridgehead atoms. The van der Waals surface area contributed by atoms with Crippen LogP contribution in [0.25, 0.3) is 0 Å². The Morgan fingerprint density at radius 2 is 1.57 bits per heavy atom. The van der Waals surface area contributed by atoms with Crippen molar-refractivity contribution in [3.8, 4) is 17.2 Å². The maximum Gasteiger partial charge on any atom is 0.274 e. The minimum atomic E-state index is -0.484. The number of nitro groups is 1. The van der Waals surface area contributed by atoms with Crippen molar-refractivity contribution in [3.63, 3.8) is 0 Å². The quantitative estimate of drug-likeness (QED) is 0.506. The molecule has 0 saturated heterocycles. The first-order chi connectivity index (χ1) is 13.4. The minimum absolute atomic E-state index is 0.0606. The molecule has 0 heterocycles. The summed E-state index contributed by atoms with van der Waals surface area (Å²) in [6.07, 6.45) is 0. The number of anilines is 1. The SMILES string of the molecule is CCOc1cc(C(=O)Nc2ccc(C)c([N+](=O)[O-])c2)cc(OCC)c1OCC. The zero-order chi connectivity index (χ0) is 20.7. The Hall–Kier alpha value is -3.29. The third kappa shape index (κ3) is 4.91. The second-order valence-electron chi connectivity index (χ2n) is 5.81. The van der Waals surface area contributed by atoms with E-state index in [9.17, 15) is 14.9 Å². The van der Waals surface area contributed by atoms with Crippen LogP contribution in [0.15, 0.2) is 30.3 Å². The Kier molecular flexibility index (Phi) is 7.20. The van der Waals surface area contributed by atoms with Crippen LogP contribution in [0.2, 0.25) is 0 Å². The summed E-state index contributed by atoms with van der Waals surface area (Å²) in [6.45, 7) is 8.33. The van der Waals surface area contributed by atoms with Crippen molar-refractivity contribution in [1.29, 1.82) is 0 Å². The molecule has 0 radical (unpaired) electrons. The molecule has 8 heteroatoms. The summed E-state index contributed by atoms with van der Waals surface area (Å²) < 4.78 is 16.8. The van der Waals surface area contributed by atoms with Crippen LogP contribution in [0.1, 0.15) is 36.7 Å². The number of nitro benzene ring substituents is 1. The molecule has 0 unspecified atom stereocenters. The average molecular weight is 388 g/mol. The van der Waals surface area contributed by atoms with Crippen LogP contribution >= 0.6 is 0 Å². The topological polar surface area (TPSA) is 99.9 Å². The van der Waals surface area contributed by atoms with Crippen LogP contribution in [0.4, 0.5) is 11.4 Å². The van der Waals surface area contributed by atoms with Crippen molar-refractivity contribution >= 4 is 17.3 Å². The lowest BCUT2D eigenvalue weighted by Gasteiger charge is -2.17. The van der Waals surface area contributed by atoms with Crippen molar-refractivity contribution < 1.29 is 23.9 Å². The van der Waals surface area contributed by atoms with Gasteiger partial charge < -0.3 is 19.5 Å². The molecule has 0 saturated carbocycles. The number of aryl methyl sites for hydroxylation is 1. The Balaban J connectivity index is 2.39. The highest BCUT2D eigenvalue weighted by molar-refractivity contribution is 6.05. The van der Waals surface area contributed by atoms with E-state index in [1.165, 1.54) is 6.07 Å². The van der Waals surface area contributed by atoms with Crippen LogP contribution in [-0.4, -0.2) is 30.7 Å². The second-order valence-corrected chi connectivity index (χ2v) is 5.81. The number of amides is 1. The van der Waals surface area contributed by atoms with Gasteiger partial charge in [-0.25, -0.2) is 0 Å². The van der Waals surface area contributed by atoms with Crippen molar-refractivity contribution in [2.24, 2.45) is 0 Å². The summed E-state index contributed by atoms with van der Waals surface area (Å²) in [6, 6.07) is 7.66. The molecule has 0 aromatic heterocycles. The lowest BCUT2D eigenvalue weighted by atomic mass is 10.1. The van der Waals surface area contributed by atoms with E-state index < -0.39 is 10.8 Å². The summed E-state index contributed by atoms with van der Waals surface area (Å²) in [5.74, 6) is 0.794. The highest BCUT2D eigenvalue weighted by atomic mass is 16.6. The molecular formula is C20H24N2O6. The number of carbonyl (C=O) groups excluding carboxylic acids is 1. The van der Waals surface area contributed by atoms with Crippen LogP contribution < -0.4 is 19.5 Å². The van der Waals surface area contributed by atoms with E-state index >= 15 is 0 Å². The van der Waals surface area contributed by atoms with Gasteiger partial charge >= 0.3 is 0 Å². The van der Waals surface area contributed by atoms with Gasteiger partial charge in [-0.05, 0) is 45.9 Å². The van der Waals surface area contributed by atoms with Crippen molar-refractivity contribution in [1.82, 2.24) is 0 Å². The molecule has 0 aliphatic heterocycles. The molecule has 8 nitrogen and oxygen atoms in total. The van der Waals surface area contributed by atoms with Gasteiger partial charge in [0.25, 0.3) is 11.6 Å². The molecule has 2 rings (SSSR count). The molecule has 28 heavy (non-hydrogen) atoms. The number of ether oxygens (including phenoxy) is 3. The number of benzene rings is 2. The van der Waals surface area contributed by atoms with E-state index in [0.717, 1.165) is 0 Å². The van der Waals surface area contributed by atoms with Crippen molar-refractivity contribution in [3.05, 3.63) is 51.6 Å². The second kappa shape index (κ2) is 9.59. The fourth-order valence-corrected chi connectivity index (χ4v) is 2.61. The Labute approximate surface area is 163 Å². The van der Waals surface area contributed by atoms with Gasteiger partial charge in [-0.3, -0.25) is 14.9 Å². The first-order valence-electron chi connectivity index (χ1n) is 9.04. The minimum Gasteiger partial charge on any atom is -0.490 e. The van der Waals surface area contributed by atoms with E-state index in [1.807, 2.05) is 20.8 Å². The molecule has 0 atom stereocenters. The Bertz CT molecular complexity index is 839. The van der Waals surface area contributed by atoms with Gasteiger partial charge in [0.2, 0.25) is 5.75 Å². The molecule has 0 spiro atoms. The Morgan fingerprint density at radius 3 is 2.07 bits per heavy atom. The summed E-state index contributed by atoms with van der Waals surface area (Å²) >= 11 is 0. The van der Waals surface area contributed by atoms with Gasteiger partial charge in [0.05, 0.1) is 24.7 Å². The van der Waals surface area contributed by atoms with Crippen LogP contribution in [-0.2, 0) is 0 Å². The first kappa shape index (κ1) is 21.0. The fraction of sp³-hybridized carbons (Fsp3) is 0.350. The summed E-state index contributed by atoms with van der Waals surface area (Å²) in [4.78, 5) is 23.4. The number of nitrogens with zero attached hydrogens (tertiary/aromatic N) is 1. The molecule has 1 N–H and O–H groups in total. The average Bonchev–Trinajstić information content (AvgIpc) is 2.65. The highest BCUT2D eigenvalue weighted by Gasteiger charge is 2.19. The van der Waals surface area contributed by atoms with Crippen LogP contribution in [0, 0.1) is 17.0 Å². The number of carbonyl (C=O) groups is 1. The van der Waals surface area contributed by atoms with Crippen molar-refractivity contribution in [2.45, 2.75) is 27.7 Å². The number of rotatable bonds is 9. The smallest absolute Gasteiger partial charge is 0.274 e. The molecule has 150 valence electrons. The molecule has 0 aliphatic rings. The molecule has 0 aliphatic carbocycles. The van der Waals surface area contributed by atoms with Gasteiger partial charge in [-0.15, -0.1) is 0 Å². The third-order valence-electron chi connectivity index (χ3n) is 3.84. The normalized spacial score (nSPS) is 10.3. The number of hydrogen-bond acceptors (Lipinski definition) is 6. The predicted molar refractivity (Wildman–Crippen MR) is 106 cm³/mol. The lowest BCUT2D eigenvalue weighted by molar-refractivity contribution is -0.385. The maximum atomic E-state index is 12.7. The molecule has 2 aromatic rings. The Morgan fingerprint density at radius 1 is 1.00 bits per heavy atom. The molecule has 2 aromatic carbocycles. The summed E-state index contributed by atoms with van der Waals surface area (Å²) in [5, 5.41) is 13.8. The summed E-state index contributed by atoms with van der Waals surface area (Å²) in [7, 11) is 0. The molecule has 0 fully saturated rings. The number of hydrogen-bond donors (Lipinski definition) is 1.